The van der Waals surface area contributed by atoms with E-state index in [-0.39, 0.29) is 0 Å². The normalized spacial score (nSPS) is 23.7. The lowest BCUT2D eigenvalue weighted by Gasteiger charge is -2.34. The highest BCUT2D eigenvalue weighted by atomic mass is 16.7. The Labute approximate surface area is 192 Å². The molecular formula is C27H36N2O3. The lowest BCUT2D eigenvalue weighted by Crippen LogP contribution is -2.38. The number of methoxy groups -OCH3 is 1. The van der Waals surface area contributed by atoms with Gasteiger partial charge >= 0.3 is 0 Å². The van der Waals surface area contributed by atoms with Crippen LogP contribution in [0.25, 0.3) is 0 Å². The minimum atomic E-state index is 0.329. The van der Waals surface area contributed by atoms with E-state index in [4.69, 9.17) is 14.2 Å². The van der Waals surface area contributed by atoms with Crippen molar-refractivity contribution in [3.8, 4) is 17.2 Å². The third-order valence-corrected chi connectivity index (χ3v) is 7.60. The Morgan fingerprint density at radius 2 is 1.84 bits per heavy atom. The fourth-order valence-corrected chi connectivity index (χ4v) is 5.86. The molecular weight excluding hydrogens is 400 g/mol. The number of nitrogens with zero attached hydrogens (tertiary/aromatic N) is 2. The standard InChI is InChI=1S/C27H36N2O3/c1-28(23-8-4-3-5-9-23)16-22-17-29(15-20-11-12-26-27(13-20)32-19-31-26)18-25(22)21-7-6-10-24(14-21)30-2/h6-7,10-14,22-23,25H,3-5,8-9,15-19H2,1-2H3. The Bertz CT molecular complexity index is 912. The molecule has 1 saturated heterocycles. The van der Waals surface area contributed by atoms with E-state index < -0.39 is 0 Å². The maximum Gasteiger partial charge on any atom is 0.231 e. The Hall–Kier alpha value is -2.24. The molecule has 0 amide bonds. The van der Waals surface area contributed by atoms with Crippen molar-refractivity contribution in [2.45, 2.75) is 50.6 Å². The first-order valence-corrected chi connectivity index (χ1v) is 12.1. The third kappa shape index (κ3) is 4.74. The molecule has 0 N–H and O–H groups in total. The number of hydrogen-bond donors (Lipinski definition) is 0. The Morgan fingerprint density at radius 1 is 1.00 bits per heavy atom. The van der Waals surface area contributed by atoms with Crippen LogP contribution in [0, 0.1) is 5.92 Å². The summed E-state index contributed by atoms with van der Waals surface area (Å²) in [4.78, 5) is 5.27. The second kappa shape index (κ2) is 9.72. The van der Waals surface area contributed by atoms with Gasteiger partial charge in [0.15, 0.2) is 11.5 Å². The fraction of sp³-hybridized carbons (Fsp3) is 0.556. The highest BCUT2D eigenvalue weighted by Gasteiger charge is 2.35. The molecule has 5 nitrogen and oxygen atoms in total. The number of ether oxygens (including phenoxy) is 3. The summed E-state index contributed by atoms with van der Waals surface area (Å²) in [5.74, 6) is 3.82. The quantitative estimate of drug-likeness (QED) is 0.616. The number of likely N-dealkylation sites (tertiary alicyclic amines) is 1. The zero-order chi connectivity index (χ0) is 21.9. The Balaban J connectivity index is 1.32. The van der Waals surface area contributed by atoms with E-state index in [0.29, 0.717) is 18.6 Å². The van der Waals surface area contributed by atoms with Crippen LogP contribution in [0.1, 0.15) is 49.1 Å². The van der Waals surface area contributed by atoms with Crippen LogP contribution in [0.5, 0.6) is 17.2 Å². The minimum absolute atomic E-state index is 0.329. The molecule has 0 aromatic heterocycles. The summed E-state index contributed by atoms with van der Waals surface area (Å²) in [7, 11) is 4.10. The molecule has 2 aliphatic heterocycles. The van der Waals surface area contributed by atoms with Crippen LogP contribution >= 0.6 is 0 Å². The Morgan fingerprint density at radius 3 is 2.69 bits per heavy atom. The van der Waals surface area contributed by atoms with Crippen molar-refractivity contribution in [1.29, 1.82) is 0 Å². The van der Waals surface area contributed by atoms with E-state index in [2.05, 4.69) is 47.2 Å². The zero-order valence-corrected chi connectivity index (χ0v) is 19.5. The highest BCUT2D eigenvalue weighted by Crippen LogP contribution is 2.38. The molecule has 3 aliphatic rings. The SMILES string of the molecule is COc1cccc(C2CN(Cc3ccc4c(c3)OCO4)CC2CN(C)C2CCCCC2)c1. The van der Waals surface area contributed by atoms with Crippen molar-refractivity contribution in [2.24, 2.45) is 5.92 Å². The van der Waals surface area contributed by atoms with Gasteiger partial charge in [0.1, 0.15) is 5.75 Å². The van der Waals surface area contributed by atoms with Crippen LogP contribution in [0.4, 0.5) is 0 Å². The van der Waals surface area contributed by atoms with Crippen LogP contribution in [-0.4, -0.2) is 56.4 Å². The van der Waals surface area contributed by atoms with E-state index in [1.54, 1.807) is 7.11 Å². The van der Waals surface area contributed by atoms with Gasteiger partial charge in [-0.3, -0.25) is 4.90 Å². The van der Waals surface area contributed by atoms with Crippen molar-refractivity contribution >= 4 is 0 Å². The lowest BCUT2D eigenvalue weighted by molar-refractivity contribution is 0.162. The summed E-state index contributed by atoms with van der Waals surface area (Å²) < 4.78 is 16.6. The fourth-order valence-electron chi connectivity index (χ4n) is 5.86. The predicted molar refractivity (Wildman–Crippen MR) is 127 cm³/mol. The van der Waals surface area contributed by atoms with Gasteiger partial charge in [-0.25, -0.2) is 0 Å². The molecule has 0 bridgehead atoms. The van der Waals surface area contributed by atoms with Gasteiger partial charge in [-0.05, 0) is 61.2 Å². The second-order valence-corrected chi connectivity index (χ2v) is 9.76. The maximum absolute atomic E-state index is 5.60. The predicted octanol–water partition coefficient (Wildman–Crippen LogP) is 4.90. The molecule has 0 radical (unpaired) electrons. The van der Waals surface area contributed by atoms with Gasteiger partial charge in [-0.1, -0.05) is 37.5 Å². The second-order valence-electron chi connectivity index (χ2n) is 9.76. The number of benzene rings is 2. The van der Waals surface area contributed by atoms with Gasteiger partial charge in [0.2, 0.25) is 6.79 Å². The summed E-state index contributed by atoms with van der Waals surface area (Å²) in [6, 6.07) is 15.8. The molecule has 172 valence electrons. The van der Waals surface area contributed by atoms with Gasteiger partial charge in [0.05, 0.1) is 7.11 Å². The summed E-state index contributed by atoms with van der Waals surface area (Å²) >= 11 is 0. The van der Waals surface area contributed by atoms with E-state index in [9.17, 15) is 0 Å². The molecule has 32 heavy (non-hydrogen) atoms. The zero-order valence-electron chi connectivity index (χ0n) is 19.5. The average Bonchev–Trinajstić information content (AvgIpc) is 3.46. The summed E-state index contributed by atoms with van der Waals surface area (Å²) in [5, 5.41) is 0. The van der Waals surface area contributed by atoms with Gasteiger partial charge in [0.25, 0.3) is 0 Å². The molecule has 1 aliphatic carbocycles. The molecule has 2 unspecified atom stereocenters. The van der Waals surface area contributed by atoms with Crippen molar-refractivity contribution in [2.75, 3.05) is 40.6 Å². The number of rotatable bonds is 7. The van der Waals surface area contributed by atoms with Crippen LogP contribution < -0.4 is 14.2 Å². The Kier molecular flexibility index (Phi) is 6.56. The molecule has 5 heteroatoms. The van der Waals surface area contributed by atoms with E-state index in [0.717, 1.165) is 49.5 Å². The molecule has 2 aromatic carbocycles. The first kappa shape index (κ1) is 21.6. The molecule has 2 atom stereocenters. The first-order valence-electron chi connectivity index (χ1n) is 12.1. The van der Waals surface area contributed by atoms with E-state index in [1.807, 2.05) is 12.1 Å². The first-order chi connectivity index (χ1) is 15.7. The minimum Gasteiger partial charge on any atom is -0.497 e. The van der Waals surface area contributed by atoms with Crippen LogP contribution in [0.15, 0.2) is 42.5 Å². The monoisotopic (exact) mass is 436 g/mol. The smallest absolute Gasteiger partial charge is 0.231 e. The molecule has 2 aromatic rings. The molecule has 2 fully saturated rings. The molecule has 5 rings (SSSR count). The average molecular weight is 437 g/mol. The molecule has 1 saturated carbocycles. The summed E-state index contributed by atoms with van der Waals surface area (Å²) in [6.45, 7) is 4.62. The topological polar surface area (TPSA) is 34.2 Å². The third-order valence-electron chi connectivity index (χ3n) is 7.60. The van der Waals surface area contributed by atoms with Gasteiger partial charge in [-0.2, -0.15) is 0 Å². The van der Waals surface area contributed by atoms with Crippen molar-refractivity contribution in [3.63, 3.8) is 0 Å². The van der Waals surface area contributed by atoms with E-state index >= 15 is 0 Å². The van der Waals surface area contributed by atoms with Crippen molar-refractivity contribution < 1.29 is 14.2 Å². The maximum atomic E-state index is 5.60. The van der Waals surface area contributed by atoms with Crippen molar-refractivity contribution in [3.05, 3.63) is 53.6 Å². The van der Waals surface area contributed by atoms with Crippen LogP contribution in [0.2, 0.25) is 0 Å². The number of hydrogen-bond acceptors (Lipinski definition) is 5. The molecule has 2 heterocycles. The van der Waals surface area contributed by atoms with E-state index in [1.165, 1.54) is 43.2 Å². The van der Waals surface area contributed by atoms with Crippen LogP contribution in [0.3, 0.4) is 0 Å². The van der Waals surface area contributed by atoms with Gasteiger partial charge < -0.3 is 19.1 Å². The largest absolute Gasteiger partial charge is 0.497 e. The lowest BCUT2D eigenvalue weighted by atomic mass is 9.87. The van der Waals surface area contributed by atoms with Gasteiger partial charge in [-0.15, -0.1) is 0 Å². The molecule has 0 spiro atoms. The highest BCUT2D eigenvalue weighted by molar-refractivity contribution is 5.44. The summed E-state index contributed by atoms with van der Waals surface area (Å²) in [6.07, 6.45) is 6.88. The van der Waals surface area contributed by atoms with Crippen LogP contribution in [-0.2, 0) is 6.54 Å². The number of fused-ring (bicyclic) bond motifs is 1. The van der Waals surface area contributed by atoms with Crippen molar-refractivity contribution in [1.82, 2.24) is 9.80 Å². The van der Waals surface area contributed by atoms with Gasteiger partial charge in [0, 0.05) is 38.1 Å². The summed E-state index contributed by atoms with van der Waals surface area (Å²) in [5.41, 5.74) is 2.69.